The molecule has 0 radical (unpaired) electrons. The van der Waals surface area contributed by atoms with Gasteiger partial charge >= 0.3 is 0 Å². The minimum atomic E-state index is 1.02. The van der Waals surface area contributed by atoms with Gasteiger partial charge in [0.05, 0.1) is 0 Å². The third-order valence-electron chi connectivity index (χ3n) is 6.14. The number of nitrogens with zero attached hydrogens (tertiary/aromatic N) is 1. The quantitative estimate of drug-likeness (QED) is 0.447. The first-order valence-corrected chi connectivity index (χ1v) is 11.0. The average Bonchev–Trinajstić information content (AvgIpc) is 2.77. The standard InChI is InChI=1S/C28H31N/c1-4-24-19-23(27-11-7-8-12-28(27)29-24)18-15-21-13-16-22(17-14-21)26-10-6-5-9-25(26)20(2)3/h5-6,9-10,13-14,16-17,19H,2,4,7-8,11-12,15,18H2,1,3H3. The van der Waals surface area contributed by atoms with E-state index in [0.29, 0.717) is 0 Å². The van der Waals surface area contributed by atoms with E-state index >= 15 is 0 Å². The fourth-order valence-corrected chi connectivity index (χ4v) is 4.49. The molecule has 1 nitrogen and oxygen atoms in total. The van der Waals surface area contributed by atoms with Crippen LogP contribution in [0.5, 0.6) is 0 Å². The molecule has 1 heterocycles. The molecule has 1 aromatic heterocycles. The van der Waals surface area contributed by atoms with Crippen LogP contribution in [0.1, 0.15) is 60.3 Å². The van der Waals surface area contributed by atoms with Crippen LogP contribution < -0.4 is 0 Å². The first kappa shape index (κ1) is 19.6. The van der Waals surface area contributed by atoms with Gasteiger partial charge in [-0.1, -0.05) is 67.6 Å². The third-order valence-corrected chi connectivity index (χ3v) is 6.14. The third kappa shape index (κ3) is 4.34. The highest BCUT2D eigenvalue weighted by molar-refractivity contribution is 5.79. The maximum atomic E-state index is 4.91. The van der Waals surface area contributed by atoms with Gasteiger partial charge in [0.25, 0.3) is 0 Å². The summed E-state index contributed by atoms with van der Waals surface area (Å²) in [4.78, 5) is 4.91. The summed E-state index contributed by atoms with van der Waals surface area (Å²) < 4.78 is 0. The van der Waals surface area contributed by atoms with Crippen molar-refractivity contribution in [3.8, 4) is 11.1 Å². The second-order valence-electron chi connectivity index (χ2n) is 8.28. The van der Waals surface area contributed by atoms with E-state index in [1.807, 2.05) is 0 Å². The summed E-state index contributed by atoms with van der Waals surface area (Å²) in [7, 11) is 0. The summed E-state index contributed by atoms with van der Waals surface area (Å²) in [5.41, 5.74) is 12.0. The van der Waals surface area contributed by atoms with Crippen LogP contribution in [0.15, 0.2) is 61.2 Å². The lowest BCUT2D eigenvalue weighted by atomic mass is 9.89. The van der Waals surface area contributed by atoms with Crippen molar-refractivity contribution in [2.75, 3.05) is 0 Å². The van der Waals surface area contributed by atoms with Gasteiger partial charge < -0.3 is 0 Å². The van der Waals surface area contributed by atoms with Gasteiger partial charge in [0.2, 0.25) is 0 Å². The first-order chi connectivity index (χ1) is 14.2. The number of hydrogen-bond acceptors (Lipinski definition) is 1. The SMILES string of the molecule is C=C(C)c1ccccc1-c1ccc(CCc2cc(CC)nc3c2CCCC3)cc1. The Bertz CT molecular complexity index is 1010. The smallest absolute Gasteiger partial charge is 0.0441 e. The van der Waals surface area contributed by atoms with Crippen molar-refractivity contribution in [2.24, 2.45) is 0 Å². The van der Waals surface area contributed by atoms with E-state index in [9.17, 15) is 0 Å². The van der Waals surface area contributed by atoms with Gasteiger partial charge in [-0.3, -0.25) is 4.98 Å². The van der Waals surface area contributed by atoms with Gasteiger partial charge in [-0.2, -0.15) is 0 Å². The van der Waals surface area contributed by atoms with Crippen LogP contribution in [0, 0.1) is 0 Å². The Morgan fingerprint density at radius 3 is 2.48 bits per heavy atom. The van der Waals surface area contributed by atoms with E-state index in [-0.39, 0.29) is 0 Å². The van der Waals surface area contributed by atoms with Crippen LogP contribution in [0.2, 0.25) is 0 Å². The highest BCUT2D eigenvalue weighted by Crippen LogP contribution is 2.29. The number of aryl methyl sites for hydroxylation is 4. The molecule has 0 saturated carbocycles. The van der Waals surface area contributed by atoms with Crippen LogP contribution in [-0.2, 0) is 32.1 Å². The van der Waals surface area contributed by atoms with E-state index in [0.717, 1.165) is 31.3 Å². The summed E-state index contributed by atoms with van der Waals surface area (Å²) in [6.07, 6.45) is 8.19. The van der Waals surface area contributed by atoms with Crippen LogP contribution >= 0.6 is 0 Å². The van der Waals surface area contributed by atoms with Crippen molar-refractivity contribution < 1.29 is 0 Å². The summed E-state index contributed by atoms with van der Waals surface area (Å²) in [5, 5.41) is 0. The number of allylic oxidation sites excluding steroid dienone is 1. The first-order valence-electron chi connectivity index (χ1n) is 11.0. The fraction of sp³-hybridized carbons (Fsp3) is 0.321. The summed E-state index contributed by atoms with van der Waals surface area (Å²) in [6, 6.07) is 20.0. The zero-order chi connectivity index (χ0) is 20.2. The number of pyridine rings is 1. The van der Waals surface area contributed by atoms with Crippen molar-refractivity contribution in [2.45, 2.75) is 58.8 Å². The number of rotatable bonds is 6. The van der Waals surface area contributed by atoms with Gasteiger partial charge in [0.1, 0.15) is 0 Å². The lowest BCUT2D eigenvalue weighted by molar-refractivity contribution is 0.654. The second-order valence-corrected chi connectivity index (χ2v) is 8.28. The minimum absolute atomic E-state index is 1.02. The van der Waals surface area contributed by atoms with Crippen LogP contribution in [0.4, 0.5) is 0 Å². The lowest BCUT2D eigenvalue weighted by Crippen LogP contribution is -2.11. The van der Waals surface area contributed by atoms with Gasteiger partial charge in [0.15, 0.2) is 0 Å². The van der Waals surface area contributed by atoms with Crippen molar-refractivity contribution >= 4 is 5.57 Å². The van der Waals surface area contributed by atoms with Gasteiger partial charge in [-0.25, -0.2) is 0 Å². The Morgan fingerprint density at radius 1 is 0.966 bits per heavy atom. The predicted molar refractivity (Wildman–Crippen MR) is 124 cm³/mol. The molecular weight excluding hydrogens is 350 g/mol. The average molecular weight is 382 g/mol. The molecule has 2 aromatic carbocycles. The monoisotopic (exact) mass is 381 g/mol. The molecule has 1 aliphatic carbocycles. The van der Waals surface area contributed by atoms with E-state index in [1.54, 1.807) is 5.56 Å². The van der Waals surface area contributed by atoms with Crippen LogP contribution in [-0.4, -0.2) is 4.98 Å². The number of benzene rings is 2. The highest BCUT2D eigenvalue weighted by Gasteiger charge is 2.16. The molecule has 148 valence electrons. The Balaban J connectivity index is 1.53. The van der Waals surface area contributed by atoms with E-state index in [2.05, 4.69) is 75.0 Å². The molecular formula is C28H31N. The van der Waals surface area contributed by atoms with Crippen molar-refractivity contribution in [3.63, 3.8) is 0 Å². The number of fused-ring (bicyclic) bond motifs is 1. The second kappa shape index (κ2) is 8.78. The van der Waals surface area contributed by atoms with Crippen LogP contribution in [0.3, 0.4) is 0 Å². The predicted octanol–water partition coefficient (Wildman–Crippen LogP) is 7.01. The van der Waals surface area contributed by atoms with E-state index in [1.165, 1.54) is 58.5 Å². The highest BCUT2D eigenvalue weighted by atomic mass is 14.7. The number of aromatic nitrogens is 1. The van der Waals surface area contributed by atoms with Crippen LogP contribution in [0.25, 0.3) is 16.7 Å². The Hall–Kier alpha value is -2.67. The molecule has 0 atom stereocenters. The molecule has 0 bridgehead atoms. The summed E-state index contributed by atoms with van der Waals surface area (Å²) >= 11 is 0. The molecule has 0 aliphatic heterocycles. The van der Waals surface area contributed by atoms with E-state index < -0.39 is 0 Å². The molecule has 0 amide bonds. The minimum Gasteiger partial charge on any atom is -0.258 e. The molecule has 3 aromatic rings. The Labute approximate surface area is 175 Å². The molecule has 0 N–H and O–H groups in total. The van der Waals surface area contributed by atoms with Gasteiger partial charge in [-0.15, -0.1) is 0 Å². The summed E-state index contributed by atoms with van der Waals surface area (Å²) in [5.74, 6) is 0. The maximum absolute atomic E-state index is 4.91. The number of hydrogen-bond donors (Lipinski definition) is 0. The Kier molecular flexibility index (Phi) is 5.94. The summed E-state index contributed by atoms with van der Waals surface area (Å²) in [6.45, 7) is 8.42. The zero-order valence-corrected chi connectivity index (χ0v) is 17.8. The molecule has 29 heavy (non-hydrogen) atoms. The lowest BCUT2D eigenvalue weighted by Gasteiger charge is -2.20. The van der Waals surface area contributed by atoms with Gasteiger partial charge in [-0.05, 0) is 91.3 Å². The molecule has 4 rings (SSSR count). The van der Waals surface area contributed by atoms with Crippen molar-refractivity contribution in [3.05, 3.63) is 94.8 Å². The molecule has 0 spiro atoms. The molecule has 1 heteroatoms. The molecule has 0 unspecified atom stereocenters. The fourth-order valence-electron chi connectivity index (χ4n) is 4.49. The van der Waals surface area contributed by atoms with Crippen molar-refractivity contribution in [1.29, 1.82) is 0 Å². The normalized spacial score (nSPS) is 13.2. The van der Waals surface area contributed by atoms with E-state index in [4.69, 9.17) is 4.98 Å². The Morgan fingerprint density at radius 2 is 1.72 bits per heavy atom. The zero-order valence-electron chi connectivity index (χ0n) is 17.8. The van der Waals surface area contributed by atoms with Gasteiger partial charge in [0, 0.05) is 11.4 Å². The van der Waals surface area contributed by atoms with Crippen molar-refractivity contribution in [1.82, 2.24) is 4.98 Å². The molecule has 0 saturated heterocycles. The molecule has 0 fully saturated rings. The topological polar surface area (TPSA) is 12.9 Å². The maximum Gasteiger partial charge on any atom is 0.0441 e. The largest absolute Gasteiger partial charge is 0.258 e. The molecule has 1 aliphatic rings.